The van der Waals surface area contributed by atoms with Crippen LogP contribution < -0.4 is 9.64 Å². The van der Waals surface area contributed by atoms with Crippen LogP contribution in [0.2, 0.25) is 0 Å². The normalized spacial score (nSPS) is 19.4. The molecule has 2 atom stereocenters. The molecule has 0 aliphatic carbocycles. The van der Waals surface area contributed by atoms with Gasteiger partial charge in [0.2, 0.25) is 11.8 Å². The van der Waals surface area contributed by atoms with E-state index < -0.39 is 17.9 Å². The van der Waals surface area contributed by atoms with Gasteiger partial charge in [-0.25, -0.2) is 9.18 Å². The summed E-state index contributed by atoms with van der Waals surface area (Å²) in [6.45, 7) is 10.5. The number of hydrogen-bond acceptors (Lipinski definition) is 8. The predicted octanol–water partition coefficient (Wildman–Crippen LogP) is 5.64. The number of pyridine rings is 1. The highest BCUT2D eigenvalue weighted by Crippen LogP contribution is 2.36. The Kier molecular flexibility index (Phi) is 9.04. The van der Waals surface area contributed by atoms with Crippen LogP contribution in [0, 0.1) is 5.92 Å². The lowest BCUT2D eigenvalue weighted by Gasteiger charge is -2.40. The van der Waals surface area contributed by atoms with Crippen molar-refractivity contribution in [2.75, 3.05) is 50.7 Å². The molecule has 0 saturated carbocycles. The fourth-order valence-corrected chi connectivity index (χ4v) is 6.26. The number of piperazine rings is 1. The van der Waals surface area contributed by atoms with Crippen molar-refractivity contribution in [2.45, 2.75) is 45.6 Å². The van der Waals surface area contributed by atoms with E-state index in [0.717, 1.165) is 54.0 Å². The topological polar surface area (TPSA) is 96.2 Å². The Balaban J connectivity index is 1.09. The maximum Gasteiger partial charge on any atom is 0.410 e. The molecule has 244 valence electrons. The molecule has 2 aliphatic rings. The molecular weight excluding hydrogens is 587 g/mol. The van der Waals surface area contributed by atoms with Gasteiger partial charge in [-0.05, 0) is 57.0 Å². The first-order chi connectivity index (χ1) is 22.0. The van der Waals surface area contributed by atoms with E-state index in [1.165, 1.54) is 4.90 Å². The van der Waals surface area contributed by atoms with Crippen LogP contribution in [-0.2, 0) is 18.4 Å². The van der Waals surface area contributed by atoms with E-state index in [4.69, 9.17) is 14.6 Å². The van der Waals surface area contributed by atoms with Gasteiger partial charge in [-0.1, -0.05) is 30.3 Å². The van der Waals surface area contributed by atoms with Gasteiger partial charge in [-0.3, -0.25) is 9.58 Å². The van der Waals surface area contributed by atoms with Crippen molar-refractivity contribution in [3.05, 3.63) is 66.2 Å². The molecule has 2 saturated heterocycles. The molecule has 2 fully saturated rings. The highest BCUT2D eigenvalue weighted by Gasteiger charge is 2.35. The number of aryl methyl sites for hydroxylation is 1. The number of benzene rings is 2. The fourth-order valence-electron chi connectivity index (χ4n) is 6.26. The van der Waals surface area contributed by atoms with Crippen LogP contribution in [0.5, 0.6) is 11.8 Å². The Morgan fingerprint density at radius 2 is 1.78 bits per heavy atom. The Hall–Kier alpha value is -4.38. The fraction of sp³-hybridized carbons (Fsp3) is 0.457. The first-order valence-corrected chi connectivity index (χ1v) is 16.0. The van der Waals surface area contributed by atoms with Gasteiger partial charge in [0.05, 0.1) is 17.6 Å². The van der Waals surface area contributed by atoms with E-state index >= 15 is 4.39 Å². The van der Waals surface area contributed by atoms with E-state index in [0.29, 0.717) is 37.6 Å². The number of aromatic hydroxyl groups is 1. The molecule has 0 unspecified atom stereocenters. The van der Waals surface area contributed by atoms with Crippen molar-refractivity contribution in [1.82, 2.24) is 24.6 Å². The second kappa shape index (κ2) is 13.2. The van der Waals surface area contributed by atoms with Crippen LogP contribution in [0.3, 0.4) is 0 Å². The second-order valence-electron chi connectivity index (χ2n) is 13.2. The average molecular weight is 631 g/mol. The summed E-state index contributed by atoms with van der Waals surface area (Å²) in [6, 6.07) is 19.5. The average Bonchev–Trinajstić information content (AvgIpc) is 3.36. The summed E-state index contributed by atoms with van der Waals surface area (Å²) < 4.78 is 28.5. The molecule has 2 aliphatic heterocycles. The van der Waals surface area contributed by atoms with Gasteiger partial charge >= 0.3 is 6.09 Å². The van der Waals surface area contributed by atoms with E-state index in [2.05, 4.69) is 33.0 Å². The predicted molar refractivity (Wildman–Crippen MR) is 176 cm³/mol. The van der Waals surface area contributed by atoms with Crippen molar-refractivity contribution in [3.63, 3.8) is 0 Å². The first kappa shape index (κ1) is 31.6. The van der Waals surface area contributed by atoms with Gasteiger partial charge in [0.1, 0.15) is 24.1 Å². The number of alkyl halides is 1. The molecular formula is C35H43FN6O4. The Labute approximate surface area is 269 Å². The van der Waals surface area contributed by atoms with Crippen molar-refractivity contribution in [3.8, 4) is 23.0 Å². The first-order valence-electron chi connectivity index (χ1n) is 16.0. The Morgan fingerprint density at radius 1 is 1.02 bits per heavy atom. The summed E-state index contributed by atoms with van der Waals surface area (Å²) in [5, 5.41) is 15.9. The zero-order valence-electron chi connectivity index (χ0n) is 27.0. The summed E-state index contributed by atoms with van der Waals surface area (Å²) in [4.78, 5) is 22.9. The van der Waals surface area contributed by atoms with Crippen molar-refractivity contribution >= 4 is 22.7 Å². The quantitative estimate of drug-likeness (QED) is 0.281. The third kappa shape index (κ3) is 7.20. The van der Waals surface area contributed by atoms with E-state index in [-0.39, 0.29) is 18.3 Å². The van der Waals surface area contributed by atoms with Crippen LogP contribution in [0.1, 0.15) is 32.8 Å². The number of piperidine rings is 1. The largest absolute Gasteiger partial charge is 0.493 e. The van der Waals surface area contributed by atoms with Gasteiger partial charge in [0, 0.05) is 69.4 Å². The van der Waals surface area contributed by atoms with Crippen LogP contribution in [-0.4, -0.2) is 93.4 Å². The lowest BCUT2D eigenvalue weighted by atomic mass is 9.94. The number of hydrogen-bond donors (Lipinski definition) is 1. The van der Waals surface area contributed by atoms with E-state index in [9.17, 15) is 9.90 Å². The number of amides is 1. The minimum absolute atomic E-state index is 0.0904. The van der Waals surface area contributed by atoms with Gasteiger partial charge < -0.3 is 24.4 Å². The summed E-state index contributed by atoms with van der Waals surface area (Å²) in [7, 11) is 1.92. The molecule has 0 spiro atoms. The van der Waals surface area contributed by atoms with Gasteiger partial charge in [-0.2, -0.15) is 10.1 Å². The number of fused-ring (bicyclic) bond motifs is 1. The summed E-state index contributed by atoms with van der Waals surface area (Å²) in [5.74, 6) is 0.127. The van der Waals surface area contributed by atoms with Gasteiger partial charge in [0.15, 0.2) is 0 Å². The number of halogens is 1. The number of aromatic nitrogens is 3. The molecule has 4 aromatic rings. The SMILES string of the molecule is Cn1nc(-c2ccc(O)nc2OCc2ccccc2)c2ccc(N3CCN(C[C@@H]4CCN(C(=O)OC(C)(C)C)C[C@H]4F)CC3)cc21. The van der Waals surface area contributed by atoms with E-state index in [1.807, 2.05) is 62.8 Å². The van der Waals surface area contributed by atoms with Crippen molar-refractivity contribution in [2.24, 2.45) is 13.0 Å². The molecule has 10 nitrogen and oxygen atoms in total. The molecule has 46 heavy (non-hydrogen) atoms. The summed E-state index contributed by atoms with van der Waals surface area (Å²) in [6.07, 6.45) is -0.861. The minimum atomic E-state index is -1.06. The number of nitrogens with zero attached hydrogens (tertiary/aromatic N) is 6. The van der Waals surface area contributed by atoms with Crippen molar-refractivity contribution in [1.29, 1.82) is 0 Å². The van der Waals surface area contributed by atoms with Crippen LogP contribution in [0.4, 0.5) is 14.9 Å². The Bertz CT molecular complexity index is 1670. The third-order valence-electron chi connectivity index (χ3n) is 8.71. The molecule has 0 bridgehead atoms. The van der Waals surface area contributed by atoms with Crippen molar-refractivity contribution < 1.29 is 23.8 Å². The Morgan fingerprint density at radius 3 is 2.50 bits per heavy atom. The molecule has 2 aromatic heterocycles. The smallest absolute Gasteiger partial charge is 0.410 e. The lowest BCUT2D eigenvalue weighted by Crippen LogP contribution is -2.52. The molecule has 1 amide bonds. The van der Waals surface area contributed by atoms with Crippen LogP contribution in [0.25, 0.3) is 22.2 Å². The van der Waals surface area contributed by atoms with Crippen LogP contribution >= 0.6 is 0 Å². The summed E-state index contributed by atoms with van der Waals surface area (Å²) in [5.41, 5.74) is 3.96. The standard InChI is InChI=1S/C35H43FN6O4/c1-35(2,3)46-34(44)42-15-14-25(29(36)22-42)21-40-16-18-41(19-17-40)26-10-11-27-30(20-26)39(4)38-32(27)28-12-13-31(43)37-33(28)45-23-24-8-6-5-7-9-24/h5-13,20,25,29H,14-19,21-23H2,1-4H3,(H,37,43)/t25-,29+/m0/s1. The molecule has 0 radical (unpaired) electrons. The lowest BCUT2D eigenvalue weighted by molar-refractivity contribution is 0.00145. The van der Waals surface area contributed by atoms with Crippen LogP contribution in [0.15, 0.2) is 60.7 Å². The van der Waals surface area contributed by atoms with Gasteiger partial charge in [-0.15, -0.1) is 0 Å². The number of rotatable bonds is 7. The molecule has 6 rings (SSSR count). The number of carbonyl (C=O) groups is 1. The minimum Gasteiger partial charge on any atom is -0.493 e. The van der Waals surface area contributed by atoms with Gasteiger partial charge in [0.25, 0.3) is 0 Å². The molecule has 4 heterocycles. The number of ether oxygens (including phenoxy) is 2. The molecule has 11 heteroatoms. The molecule has 1 N–H and O–H groups in total. The maximum absolute atomic E-state index is 15.1. The number of carbonyl (C=O) groups excluding carboxylic acids is 1. The highest BCUT2D eigenvalue weighted by atomic mass is 19.1. The summed E-state index contributed by atoms with van der Waals surface area (Å²) >= 11 is 0. The molecule has 2 aromatic carbocycles. The maximum atomic E-state index is 15.1. The van der Waals surface area contributed by atoms with E-state index in [1.54, 1.807) is 12.1 Å². The second-order valence-corrected chi connectivity index (χ2v) is 13.2. The zero-order chi connectivity index (χ0) is 32.4. The monoisotopic (exact) mass is 630 g/mol. The third-order valence-corrected chi connectivity index (χ3v) is 8.71. The zero-order valence-corrected chi connectivity index (χ0v) is 27.0. The number of anilines is 1. The highest BCUT2D eigenvalue weighted by molar-refractivity contribution is 5.96. The number of likely N-dealkylation sites (tertiary alicyclic amines) is 1.